The molecule has 0 saturated carbocycles. The number of aliphatic hydroxyl groups excluding tert-OH is 1. The average molecular weight is 548 g/mol. The van der Waals surface area contributed by atoms with Crippen LogP contribution in [0.25, 0.3) is 33.1 Å². The first-order valence-electron chi connectivity index (χ1n) is 8.54. The summed E-state index contributed by atoms with van der Waals surface area (Å²) in [5.74, 6) is 0.654. The van der Waals surface area contributed by atoms with Crippen molar-refractivity contribution in [2.75, 3.05) is 0 Å². The van der Waals surface area contributed by atoms with Crippen LogP contribution in [-0.2, 0) is 24.9 Å². The van der Waals surface area contributed by atoms with E-state index in [1.54, 1.807) is 0 Å². The second-order valence-electron chi connectivity index (χ2n) is 6.09. The van der Waals surface area contributed by atoms with Crippen LogP contribution in [0.4, 0.5) is 0 Å². The third-order valence-electron chi connectivity index (χ3n) is 3.85. The molecule has 143 valence electrons. The molecule has 0 bridgehead atoms. The summed E-state index contributed by atoms with van der Waals surface area (Å²) in [5.41, 5.74) is 1.88. The molecule has 4 aromatic rings. The van der Waals surface area contributed by atoms with E-state index in [4.69, 9.17) is 5.11 Å². The van der Waals surface area contributed by atoms with Crippen LogP contribution in [0.3, 0.4) is 0 Å². The van der Waals surface area contributed by atoms with E-state index < -0.39 is 0 Å². The molecule has 0 unspecified atom stereocenters. The zero-order chi connectivity index (χ0) is 19.2. The van der Waals surface area contributed by atoms with Crippen molar-refractivity contribution in [3.63, 3.8) is 0 Å². The van der Waals surface area contributed by atoms with E-state index >= 15 is 0 Å². The first kappa shape index (κ1) is 21.4. The van der Waals surface area contributed by atoms with Gasteiger partial charge in [0.15, 0.2) is 5.78 Å². The van der Waals surface area contributed by atoms with Gasteiger partial charge in [0.05, 0.1) is 17.1 Å². The molecular formula is C23H19IrN2O2-. The van der Waals surface area contributed by atoms with Gasteiger partial charge in [-0.05, 0) is 30.7 Å². The van der Waals surface area contributed by atoms with Crippen molar-refractivity contribution in [2.24, 2.45) is 0 Å². The quantitative estimate of drug-likeness (QED) is 0.161. The number of carbonyl (C=O) groups excluding carboxylic acids is 1. The van der Waals surface area contributed by atoms with Crippen molar-refractivity contribution < 1.29 is 30.0 Å². The van der Waals surface area contributed by atoms with Gasteiger partial charge >= 0.3 is 0 Å². The zero-order valence-electron chi connectivity index (χ0n) is 15.5. The molecule has 0 fully saturated rings. The number of rotatable bonds is 2. The number of fused-ring (bicyclic) bond motifs is 3. The third-order valence-corrected chi connectivity index (χ3v) is 3.85. The fourth-order valence-corrected chi connectivity index (χ4v) is 2.74. The van der Waals surface area contributed by atoms with Crippen LogP contribution < -0.4 is 0 Å². The number of hydrogen-bond acceptors (Lipinski definition) is 4. The first-order valence-corrected chi connectivity index (χ1v) is 8.54. The van der Waals surface area contributed by atoms with Crippen molar-refractivity contribution in [1.29, 1.82) is 0 Å². The second kappa shape index (κ2) is 9.88. The average Bonchev–Trinajstić information content (AvgIpc) is 2.67. The van der Waals surface area contributed by atoms with Crippen LogP contribution in [0.15, 0.2) is 78.7 Å². The van der Waals surface area contributed by atoms with E-state index in [1.807, 2.05) is 48.7 Å². The Morgan fingerprint density at radius 3 is 2.39 bits per heavy atom. The van der Waals surface area contributed by atoms with Crippen molar-refractivity contribution in [2.45, 2.75) is 13.8 Å². The van der Waals surface area contributed by atoms with Gasteiger partial charge in [0.1, 0.15) is 0 Å². The molecule has 0 aliphatic rings. The number of benzene rings is 3. The van der Waals surface area contributed by atoms with E-state index in [0.717, 1.165) is 16.5 Å². The molecule has 1 N–H and O–H groups in total. The Morgan fingerprint density at radius 2 is 1.75 bits per heavy atom. The molecule has 1 aromatic heterocycles. The molecular weight excluding hydrogens is 528 g/mol. The van der Waals surface area contributed by atoms with E-state index in [1.165, 1.54) is 30.7 Å². The normalized spacial score (nSPS) is 10.7. The van der Waals surface area contributed by atoms with E-state index in [-0.39, 0.29) is 31.6 Å². The maximum atomic E-state index is 10.0. The summed E-state index contributed by atoms with van der Waals surface area (Å²) in [6.45, 7) is 2.85. The van der Waals surface area contributed by atoms with Gasteiger partial charge in [0.2, 0.25) is 0 Å². The molecule has 1 heterocycles. The van der Waals surface area contributed by atoms with Crippen LogP contribution in [0.1, 0.15) is 13.8 Å². The van der Waals surface area contributed by atoms with Crippen LogP contribution in [-0.4, -0.2) is 20.9 Å². The largest absolute Gasteiger partial charge is 0.512 e. The summed E-state index contributed by atoms with van der Waals surface area (Å²) in [6, 6.07) is 23.4. The number of hydrogen-bond donors (Lipinski definition) is 1. The van der Waals surface area contributed by atoms with Crippen LogP contribution >= 0.6 is 0 Å². The summed E-state index contributed by atoms with van der Waals surface area (Å²) in [5, 5.41) is 11.8. The SMILES string of the molecule is CC(=O)C=C(C)O.[Ir].[c-]1ccccc1-c1ncc2c(ccc3ccccc32)n1. The summed E-state index contributed by atoms with van der Waals surface area (Å²) in [6.07, 6.45) is 3.07. The molecule has 0 saturated heterocycles. The maximum Gasteiger partial charge on any atom is 0.155 e. The molecule has 0 amide bonds. The fourth-order valence-electron chi connectivity index (χ4n) is 2.74. The van der Waals surface area contributed by atoms with Crippen LogP contribution in [0.5, 0.6) is 0 Å². The van der Waals surface area contributed by atoms with Gasteiger partial charge in [-0.2, -0.15) is 0 Å². The monoisotopic (exact) mass is 548 g/mol. The number of nitrogens with zero attached hydrogens (tertiary/aromatic N) is 2. The van der Waals surface area contributed by atoms with Crippen molar-refractivity contribution in [3.05, 3.63) is 84.8 Å². The molecule has 4 nitrogen and oxygen atoms in total. The minimum Gasteiger partial charge on any atom is -0.512 e. The molecule has 1 radical (unpaired) electrons. The summed E-state index contributed by atoms with van der Waals surface area (Å²) in [7, 11) is 0. The molecule has 0 aliphatic heterocycles. The number of aliphatic hydroxyl groups is 1. The maximum absolute atomic E-state index is 10.0. The zero-order valence-corrected chi connectivity index (χ0v) is 17.9. The molecule has 4 rings (SSSR count). The van der Waals surface area contributed by atoms with Crippen molar-refractivity contribution >= 4 is 27.5 Å². The molecule has 0 spiro atoms. The Bertz CT molecular complexity index is 1120. The Morgan fingerprint density at radius 1 is 1.00 bits per heavy atom. The molecule has 28 heavy (non-hydrogen) atoms. The summed E-state index contributed by atoms with van der Waals surface area (Å²) >= 11 is 0. The smallest absolute Gasteiger partial charge is 0.155 e. The molecule has 0 atom stereocenters. The van der Waals surface area contributed by atoms with E-state index in [9.17, 15) is 4.79 Å². The number of allylic oxidation sites excluding steroid dienone is 2. The standard InChI is InChI=1S/C18H11N2.C5H8O2.Ir/c1-2-7-14(8-3-1)18-19-12-16-15-9-5-4-6-13(15)10-11-17(16)20-18;1-4(6)3-5(2)7;/h1-7,9-12H;3,6H,1-2H3;/q-1;;. The number of ketones is 1. The van der Waals surface area contributed by atoms with E-state index in [2.05, 4.69) is 34.2 Å². The van der Waals surface area contributed by atoms with E-state index in [0.29, 0.717) is 5.82 Å². The van der Waals surface area contributed by atoms with Gasteiger partial charge in [-0.3, -0.25) is 14.8 Å². The minimum atomic E-state index is -0.125. The Labute approximate surface area is 177 Å². The predicted octanol–water partition coefficient (Wildman–Crippen LogP) is 5.28. The summed E-state index contributed by atoms with van der Waals surface area (Å²) < 4.78 is 0. The Balaban J connectivity index is 0.000000306. The number of aromatic nitrogens is 2. The molecule has 3 aromatic carbocycles. The van der Waals surface area contributed by atoms with Gasteiger partial charge in [-0.1, -0.05) is 30.3 Å². The van der Waals surface area contributed by atoms with Crippen LogP contribution in [0.2, 0.25) is 0 Å². The van der Waals surface area contributed by atoms with Crippen molar-refractivity contribution in [1.82, 2.24) is 9.97 Å². The predicted molar refractivity (Wildman–Crippen MR) is 108 cm³/mol. The van der Waals surface area contributed by atoms with Gasteiger partial charge in [0.25, 0.3) is 0 Å². The Kier molecular flexibility index (Phi) is 7.56. The minimum absolute atomic E-state index is 0. The fraction of sp³-hybridized carbons (Fsp3) is 0.0870. The molecule has 5 heteroatoms. The number of carbonyl (C=O) groups is 1. The van der Waals surface area contributed by atoms with Gasteiger partial charge < -0.3 is 5.11 Å². The topological polar surface area (TPSA) is 63.1 Å². The second-order valence-corrected chi connectivity index (χ2v) is 6.09. The first-order chi connectivity index (χ1) is 13.0. The van der Waals surface area contributed by atoms with Crippen LogP contribution in [0, 0.1) is 6.07 Å². The Hall–Kier alpha value is -2.88. The summed E-state index contributed by atoms with van der Waals surface area (Å²) in [4.78, 5) is 19.2. The third kappa shape index (κ3) is 5.32. The molecule has 0 aliphatic carbocycles. The van der Waals surface area contributed by atoms with Crippen molar-refractivity contribution in [3.8, 4) is 11.4 Å². The van der Waals surface area contributed by atoms with Gasteiger partial charge in [-0.25, -0.2) is 0 Å². The van der Waals surface area contributed by atoms with Gasteiger partial charge in [-0.15, -0.1) is 35.9 Å². The van der Waals surface area contributed by atoms with Gasteiger partial charge in [0, 0.05) is 37.8 Å².